The van der Waals surface area contributed by atoms with Gasteiger partial charge in [0.2, 0.25) is 0 Å². The second-order valence-corrected chi connectivity index (χ2v) is 11.8. The van der Waals surface area contributed by atoms with Gasteiger partial charge in [-0.25, -0.2) is 0 Å². The molecule has 0 fully saturated rings. The first kappa shape index (κ1) is 26.3. The SMILES string of the molecule is [2H]c1c([2H])c([2H])c(N(c2[c-]c(-c3nccc4ccccc34)ccc2)c2[c-]c(-c3nccn3-c3c(C(C)C)cccc3C(C)C)ccc2)c([2H])c1[2H].[Pt+2]. The molecular formula is C42H36N4Pt. The maximum atomic E-state index is 8.99. The minimum Gasteiger partial charge on any atom is -0.346 e. The van der Waals surface area contributed by atoms with E-state index in [0.717, 1.165) is 22.2 Å². The fraction of sp³-hybridized carbons (Fsp3) is 0.143. The number of anilines is 3. The molecule has 0 radical (unpaired) electrons. The fourth-order valence-electron chi connectivity index (χ4n) is 5.98. The Bertz CT molecular complexity index is 2360. The Morgan fingerprint density at radius 2 is 1.32 bits per heavy atom. The first-order chi connectivity index (χ1) is 24.6. The predicted molar refractivity (Wildman–Crippen MR) is 190 cm³/mol. The van der Waals surface area contributed by atoms with Crippen LogP contribution in [0.3, 0.4) is 0 Å². The quantitative estimate of drug-likeness (QED) is 0.144. The van der Waals surface area contributed by atoms with Crippen LogP contribution < -0.4 is 4.90 Å². The van der Waals surface area contributed by atoms with E-state index in [-0.39, 0.29) is 50.7 Å². The van der Waals surface area contributed by atoms with E-state index < -0.39 is 18.1 Å². The number of para-hydroxylation sites is 2. The number of nitrogens with zero attached hydrogens (tertiary/aromatic N) is 4. The zero-order valence-corrected chi connectivity index (χ0v) is 28.8. The van der Waals surface area contributed by atoms with Gasteiger partial charge in [0.05, 0.1) is 12.7 Å². The molecule has 5 heteroatoms. The molecule has 234 valence electrons. The molecule has 0 amide bonds. The van der Waals surface area contributed by atoms with Crippen LogP contribution in [0.4, 0.5) is 17.1 Å². The van der Waals surface area contributed by atoms with E-state index in [2.05, 4.69) is 62.6 Å². The summed E-state index contributed by atoms with van der Waals surface area (Å²) in [6, 6.07) is 32.5. The number of pyridine rings is 1. The summed E-state index contributed by atoms with van der Waals surface area (Å²) >= 11 is 0. The summed E-state index contributed by atoms with van der Waals surface area (Å²) in [5.41, 5.74) is 6.49. The van der Waals surface area contributed by atoms with E-state index >= 15 is 0 Å². The number of aromatic nitrogens is 3. The number of rotatable bonds is 8. The summed E-state index contributed by atoms with van der Waals surface area (Å²) in [6.07, 6.45) is 5.50. The van der Waals surface area contributed by atoms with Crippen molar-refractivity contribution < 1.29 is 27.9 Å². The van der Waals surface area contributed by atoms with Gasteiger partial charge < -0.3 is 14.5 Å². The molecule has 5 aromatic carbocycles. The van der Waals surface area contributed by atoms with Crippen molar-refractivity contribution >= 4 is 27.8 Å². The molecule has 2 heterocycles. The van der Waals surface area contributed by atoms with Crippen LogP contribution in [0.2, 0.25) is 0 Å². The summed E-state index contributed by atoms with van der Waals surface area (Å²) in [4.78, 5) is 11.1. The van der Waals surface area contributed by atoms with Gasteiger partial charge in [0, 0.05) is 30.0 Å². The van der Waals surface area contributed by atoms with Crippen LogP contribution in [0, 0.1) is 12.1 Å². The summed E-state index contributed by atoms with van der Waals surface area (Å²) in [5.74, 6) is 1.20. The smallest absolute Gasteiger partial charge is 0.346 e. The third-order valence-corrected chi connectivity index (χ3v) is 8.15. The maximum absolute atomic E-state index is 8.99. The van der Waals surface area contributed by atoms with Gasteiger partial charge in [-0.2, -0.15) is 0 Å². The van der Waals surface area contributed by atoms with Crippen LogP contribution in [-0.2, 0) is 21.1 Å². The monoisotopic (exact) mass is 796 g/mol. The Balaban J connectivity index is 0.00000464. The van der Waals surface area contributed by atoms with Crippen LogP contribution in [0.5, 0.6) is 0 Å². The van der Waals surface area contributed by atoms with E-state index in [1.165, 1.54) is 11.1 Å². The van der Waals surface area contributed by atoms with Gasteiger partial charge in [0.1, 0.15) is 0 Å². The third-order valence-electron chi connectivity index (χ3n) is 8.15. The van der Waals surface area contributed by atoms with Crippen LogP contribution in [0.25, 0.3) is 39.1 Å². The van der Waals surface area contributed by atoms with Gasteiger partial charge >= 0.3 is 21.1 Å². The molecule has 0 N–H and O–H groups in total. The normalized spacial score (nSPS) is 12.7. The fourth-order valence-corrected chi connectivity index (χ4v) is 5.98. The van der Waals surface area contributed by atoms with Gasteiger partial charge in [-0.05, 0) is 69.0 Å². The van der Waals surface area contributed by atoms with E-state index in [9.17, 15) is 0 Å². The van der Waals surface area contributed by atoms with Crippen molar-refractivity contribution in [3.05, 3.63) is 157 Å². The van der Waals surface area contributed by atoms with Crippen molar-refractivity contribution in [1.29, 1.82) is 0 Å². The number of hydrogen-bond donors (Lipinski definition) is 0. The van der Waals surface area contributed by atoms with E-state index in [1.807, 2.05) is 72.9 Å². The van der Waals surface area contributed by atoms with Crippen molar-refractivity contribution in [1.82, 2.24) is 14.5 Å². The maximum Gasteiger partial charge on any atom is 2.00 e. The Morgan fingerprint density at radius 1 is 0.681 bits per heavy atom. The molecule has 0 saturated heterocycles. The average Bonchev–Trinajstić information content (AvgIpc) is 3.64. The molecule has 0 saturated carbocycles. The minimum absolute atomic E-state index is 0. The first-order valence-electron chi connectivity index (χ1n) is 18.0. The number of benzene rings is 5. The topological polar surface area (TPSA) is 34.0 Å². The molecule has 0 aliphatic heterocycles. The van der Waals surface area contributed by atoms with Crippen molar-refractivity contribution in [3.63, 3.8) is 0 Å². The number of hydrogen-bond acceptors (Lipinski definition) is 3. The molecule has 0 bridgehead atoms. The Hall–Kier alpha value is -4.79. The van der Waals surface area contributed by atoms with Gasteiger partial charge in [0.15, 0.2) is 0 Å². The summed E-state index contributed by atoms with van der Waals surface area (Å²) in [5, 5.41) is 1.98. The Labute approximate surface area is 299 Å². The Morgan fingerprint density at radius 3 is 2.02 bits per heavy atom. The second-order valence-electron chi connectivity index (χ2n) is 11.8. The standard InChI is InChI=1S/C42H36N4.Pt/c1-29(2)37-21-12-22-38(30(3)4)41(37)45-26-25-44-42(45)33-15-11-19-36(28-33)46(34-16-6-5-7-17-34)35-18-10-14-32(27-35)40-39-20-9-8-13-31(39)23-24-43-40;/h5-26,29-30H,1-4H3;/q-2;+2/i5D,6D,7D,16D,17D;. The largest absolute Gasteiger partial charge is 2.00 e. The van der Waals surface area contributed by atoms with Gasteiger partial charge in [-0.15, -0.1) is 59.7 Å². The van der Waals surface area contributed by atoms with Gasteiger partial charge in [-0.3, -0.25) is 4.98 Å². The molecule has 0 spiro atoms. The summed E-state index contributed by atoms with van der Waals surface area (Å²) in [6.45, 7) is 8.73. The summed E-state index contributed by atoms with van der Waals surface area (Å²) in [7, 11) is 0. The average molecular weight is 797 g/mol. The van der Waals surface area contributed by atoms with E-state index in [4.69, 9.17) is 16.8 Å². The summed E-state index contributed by atoms with van der Waals surface area (Å²) < 4.78 is 45.4. The second kappa shape index (κ2) is 13.9. The van der Waals surface area contributed by atoms with Crippen LogP contribution >= 0.6 is 0 Å². The van der Waals surface area contributed by atoms with Crippen molar-refractivity contribution in [3.8, 4) is 28.3 Å². The van der Waals surface area contributed by atoms with Gasteiger partial charge in [-0.1, -0.05) is 88.3 Å². The van der Waals surface area contributed by atoms with Crippen LogP contribution in [0.15, 0.2) is 134 Å². The molecule has 47 heavy (non-hydrogen) atoms. The van der Waals surface area contributed by atoms with Crippen molar-refractivity contribution in [2.75, 3.05) is 4.90 Å². The molecular weight excluding hydrogens is 756 g/mol. The molecule has 0 unspecified atom stereocenters. The molecule has 0 atom stereocenters. The van der Waals surface area contributed by atoms with Gasteiger partial charge in [0.25, 0.3) is 0 Å². The van der Waals surface area contributed by atoms with Crippen LogP contribution in [0.1, 0.15) is 57.5 Å². The zero-order chi connectivity index (χ0) is 36.0. The van der Waals surface area contributed by atoms with E-state index in [0.29, 0.717) is 28.3 Å². The number of imidazole rings is 1. The van der Waals surface area contributed by atoms with Crippen LogP contribution in [-0.4, -0.2) is 14.5 Å². The Kier molecular flexibility index (Phi) is 7.78. The molecule has 2 aromatic heterocycles. The predicted octanol–water partition coefficient (Wildman–Crippen LogP) is 11.1. The minimum atomic E-state index is -0.462. The molecule has 7 rings (SSSR count). The number of fused-ring (bicyclic) bond motifs is 1. The molecule has 0 aliphatic rings. The van der Waals surface area contributed by atoms with Crippen molar-refractivity contribution in [2.45, 2.75) is 39.5 Å². The third kappa shape index (κ3) is 6.31. The molecule has 4 nitrogen and oxygen atoms in total. The molecule has 0 aliphatic carbocycles. The first-order valence-corrected chi connectivity index (χ1v) is 15.5. The van der Waals surface area contributed by atoms with E-state index in [1.54, 1.807) is 17.3 Å². The molecule has 7 aromatic rings. The van der Waals surface area contributed by atoms with Crippen molar-refractivity contribution in [2.24, 2.45) is 0 Å². The zero-order valence-electron chi connectivity index (χ0n) is 31.6.